The van der Waals surface area contributed by atoms with Crippen LogP contribution in [0, 0.1) is 0 Å². The Morgan fingerprint density at radius 3 is 2.21 bits per heavy atom. The molecule has 6 nitrogen and oxygen atoms in total. The third-order valence-corrected chi connectivity index (χ3v) is 6.27. The zero-order valence-corrected chi connectivity index (χ0v) is 18.9. The van der Waals surface area contributed by atoms with Gasteiger partial charge in [-0.05, 0) is 23.3 Å². The maximum absolute atomic E-state index is 13.6. The summed E-state index contributed by atoms with van der Waals surface area (Å²) in [6.07, 6.45) is 1.82. The lowest BCUT2D eigenvalue weighted by atomic mass is 10.0. The van der Waals surface area contributed by atoms with E-state index >= 15 is 0 Å². The van der Waals surface area contributed by atoms with Gasteiger partial charge in [0.1, 0.15) is 16.4 Å². The highest BCUT2D eigenvalue weighted by Crippen LogP contribution is 2.37. The number of carbonyl (C=O) groups excluding carboxylic acids is 1. The first-order valence-electron chi connectivity index (χ1n) is 10.3. The highest BCUT2D eigenvalue weighted by molar-refractivity contribution is 8.04. The number of rotatable bonds is 5. The minimum atomic E-state index is -0.154. The molecule has 2 heterocycles. The number of aromatic nitrogens is 3. The molecular weight excluding hydrogens is 434 g/mol. The van der Waals surface area contributed by atoms with E-state index in [-0.39, 0.29) is 5.91 Å². The topological polar surface area (TPSA) is 65.2 Å². The Kier molecular flexibility index (Phi) is 5.62. The lowest BCUT2D eigenvalue weighted by Gasteiger charge is -2.08. The van der Waals surface area contributed by atoms with Crippen LogP contribution < -0.4 is 14.0 Å². The fourth-order valence-electron chi connectivity index (χ4n) is 3.72. The van der Waals surface area contributed by atoms with Gasteiger partial charge in [0.05, 0.1) is 19.3 Å². The average molecular weight is 455 g/mol. The molecule has 4 aromatic rings. The average Bonchev–Trinajstić information content (AvgIpc) is 3.19. The van der Waals surface area contributed by atoms with Crippen LogP contribution in [0.5, 0.6) is 11.5 Å². The first-order chi connectivity index (χ1) is 16.2. The fraction of sp³-hybridized carbons (Fsp3) is 0.0769. The van der Waals surface area contributed by atoms with Gasteiger partial charge >= 0.3 is 11.1 Å². The summed E-state index contributed by atoms with van der Waals surface area (Å²) in [6.45, 7) is 0. The van der Waals surface area contributed by atoms with Gasteiger partial charge in [-0.1, -0.05) is 60.7 Å². The van der Waals surface area contributed by atoms with Gasteiger partial charge in [0.25, 0.3) is 0 Å². The molecule has 33 heavy (non-hydrogen) atoms. The van der Waals surface area contributed by atoms with E-state index in [0.717, 1.165) is 22.4 Å². The molecule has 162 valence electrons. The zero-order valence-electron chi connectivity index (χ0n) is 18.1. The van der Waals surface area contributed by atoms with Crippen LogP contribution in [-0.4, -0.2) is 30.3 Å². The first-order valence-corrected chi connectivity index (χ1v) is 11.1. The Hall–Kier alpha value is -3.97. The molecule has 0 aliphatic carbocycles. The Balaban J connectivity index is 1.66. The number of benzene rings is 3. The van der Waals surface area contributed by atoms with E-state index in [1.807, 2.05) is 78.9 Å². The van der Waals surface area contributed by atoms with E-state index in [2.05, 4.69) is 10.2 Å². The van der Waals surface area contributed by atoms with Crippen LogP contribution in [0.15, 0.2) is 88.9 Å². The number of nitrogens with zero attached hydrogens (tertiary/aromatic N) is 3. The van der Waals surface area contributed by atoms with E-state index in [9.17, 15) is 4.79 Å². The van der Waals surface area contributed by atoms with Gasteiger partial charge in [-0.15, -0.1) is 4.57 Å². The van der Waals surface area contributed by atoms with Gasteiger partial charge in [0, 0.05) is 34.5 Å². The molecule has 0 fully saturated rings. The second kappa shape index (κ2) is 8.88. The summed E-state index contributed by atoms with van der Waals surface area (Å²) in [6, 6.07) is 25.1. The van der Waals surface area contributed by atoms with Gasteiger partial charge in [-0.3, -0.25) is 0 Å². The summed E-state index contributed by atoms with van der Waals surface area (Å²) < 4.78 is 12.4. The maximum atomic E-state index is 13.6. The van der Waals surface area contributed by atoms with Gasteiger partial charge in [0.15, 0.2) is 11.4 Å². The number of hydrogen-bond acceptors (Lipinski definition) is 6. The predicted molar refractivity (Wildman–Crippen MR) is 127 cm³/mol. The molecule has 0 N–H and O–H groups in total. The van der Waals surface area contributed by atoms with Crippen LogP contribution in [-0.2, 0) is 0 Å². The summed E-state index contributed by atoms with van der Waals surface area (Å²) in [5, 5.41) is 9.44. The number of allylic oxidation sites excluding steroid dienone is 1. The van der Waals surface area contributed by atoms with Crippen LogP contribution in [0.3, 0.4) is 0 Å². The molecule has 0 unspecified atom stereocenters. The summed E-state index contributed by atoms with van der Waals surface area (Å²) in [5.74, 6) is 1.15. The van der Waals surface area contributed by atoms with Crippen LogP contribution in [0.25, 0.3) is 28.6 Å². The predicted octanol–water partition coefficient (Wildman–Crippen LogP) is 4.90. The minimum Gasteiger partial charge on any atom is -0.497 e. The molecule has 0 amide bonds. The summed E-state index contributed by atoms with van der Waals surface area (Å²) in [4.78, 5) is 14.2. The Morgan fingerprint density at radius 1 is 0.848 bits per heavy atom. The number of carbonyl (C=O) groups is 1. The fourth-order valence-corrected chi connectivity index (χ4v) is 4.62. The Labute approximate surface area is 195 Å². The van der Waals surface area contributed by atoms with E-state index in [4.69, 9.17) is 9.47 Å². The van der Waals surface area contributed by atoms with Crippen LogP contribution in [0.2, 0.25) is 0 Å². The van der Waals surface area contributed by atoms with E-state index in [0.29, 0.717) is 27.3 Å². The van der Waals surface area contributed by atoms with Crippen molar-refractivity contribution in [3.05, 3.63) is 89.3 Å². The lowest BCUT2D eigenvalue weighted by Crippen LogP contribution is -2.44. The molecule has 0 radical (unpaired) electrons. The molecule has 0 bridgehead atoms. The quantitative estimate of drug-likeness (QED) is 0.316. The van der Waals surface area contributed by atoms with Crippen LogP contribution in [0.4, 0.5) is 0 Å². The number of methoxy groups -OCH3 is 2. The maximum Gasteiger partial charge on any atom is 0.399 e. The molecule has 1 aromatic heterocycles. The van der Waals surface area contributed by atoms with Crippen molar-refractivity contribution < 1.29 is 18.8 Å². The normalized spacial score (nSPS) is 13.8. The van der Waals surface area contributed by atoms with Crippen molar-refractivity contribution in [2.45, 2.75) is 5.16 Å². The number of fused-ring (bicyclic) bond motifs is 1. The smallest absolute Gasteiger partial charge is 0.399 e. The molecule has 7 heteroatoms. The molecule has 5 rings (SSSR count). The standard InChI is InChI=1S/C26H20N3O3S/c1-31-20-14-13-19(21(16-20)32-2)15-22-25(30)29-24(18-11-7-4-8-12-18)23(27-28-26(29)33-22)17-9-5-3-6-10-17/h3-16H,1-2H3/q+1/b22-15+. The van der Waals surface area contributed by atoms with Crippen molar-refractivity contribution in [2.24, 2.45) is 0 Å². The molecular formula is C26H20N3O3S+. The number of thioether (sulfide) groups is 1. The highest BCUT2D eigenvalue weighted by atomic mass is 32.2. The van der Waals surface area contributed by atoms with E-state index < -0.39 is 0 Å². The Bertz CT molecular complexity index is 1370. The van der Waals surface area contributed by atoms with Crippen LogP contribution in [0.1, 0.15) is 10.4 Å². The minimum absolute atomic E-state index is 0.154. The molecule has 3 aromatic carbocycles. The van der Waals surface area contributed by atoms with E-state index in [1.54, 1.807) is 24.9 Å². The van der Waals surface area contributed by atoms with Crippen molar-refractivity contribution >= 4 is 23.7 Å². The van der Waals surface area contributed by atoms with E-state index in [1.165, 1.54) is 11.8 Å². The SMILES string of the molecule is COc1ccc(/C=C2/Sc3nnc(-c4ccccc4)c(-c4ccccc4)[n+]3C2=O)c(OC)c1. The van der Waals surface area contributed by atoms with Crippen molar-refractivity contribution in [1.82, 2.24) is 10.2 Å². The first kappa shape index (κ1) is 20.9. The molecule has 0 atom stereocenters. The molecule has 0 spiro atoms. The van der Waals surface area contributed by atoms with Gasteiger partial charge in [-0.25, -0.2) is 4.79 Å². The number of ether oxygens (including phenoxy) is 2. The summed E-state index contributed by atoms with van der Waals surface area (Å²) >= 11 is 1.30. The highest BCUT2D eigenvalue weighted by Gasteiger charge is 2.40. The second-order valence-corrected chi connectivity index (χ2v) is 8.28. The molecule has 0 saturated carbocycles. The van der Waals surface area contributed by atoms with Gasteiger partial charge < -0.3 is 9.47 Å². The third kappa shape index (κ3) is 3.87. The van der Waals surface area contributed by atoms with Crippen molar-refractivity contribution in [3.63, 3.8) is 0 Å². The third-order valence-electron chi connectivity index (χ3n) is 5.31. The lowest BCUT2D eigenvalue weighted by molar-refractivity contribution is -0.602. The van der Waals surface area contributed by atoms with Crippen LogP contribution >= 0.6 is 11.8 Å². The zero-order chi connectivity index (χ0) is 22.8. The van der Waals surface area contributed by atoms with Crippen molar-refractivity contribution in [3.8, 4) is 34.0 Å². The second-order valence-electron chi connectivity index (χ2n) is 7.27. The van der Waals surface area contributed by atoms with Gasteiger partial charge in [-0.2, -0.15) is 0 Å². The Morgan fingerprint density at radius 2 is 1.55 bits per heavy atom. The molecule has 1 aliphatic rings. The van der Waals surface area contributed by atoms with Crippen molar-refractivity contribution in [2.75, 3.05) is 14.2 Å². The monoisotopic (exact) mass is 454 g/mol. The summed E-state index contributed by atoms with van der Waals surface area (Å²) in [5.41, 5.74) is 3.94. The largest absolute Gasteiger partial charge is 0.497 e. The molecule has 0 saturated heterocycles. The van der Waals surface area contributed by atoms with Crippen molar-refractivity contribution in [1.29, 1.82) is 0 Å². The summed E-state index contributed by atoms with van der Waals surface area (Å²) in [7, 11) is 3.19. The number of hydrogen-bond donors (Lipinski definition) is 0. The van der Waals surface area contributed by atoms with Gasteiger partial charge in [0.2, 0.25) is 0 Å². The molecule has 1 aliphatic heterocycles.